The molecule has 0 aliphatic rings. The Balaban J connectivity index is 2.00. The van der Waals surface area contributed by atoms with Gasteiger partial charge in [-0.15, -0.1) is 0 Å². The van der Waals surface area contributed by atoms with Gasteiger partial charge in [-0.3, -0.25) is 5.43 Å². The fourth-order valence-electron chi connectivity index (χ4n) is 1.69. The summed E-state index contributed by atoms with van der Waals surface area (Å²) in [6.45, 7) is 0. The Morgan fingerprint density at radius 3 is 2.32 bits per heavy atom. The number of para-hydroxylation sites is 1. The van der Waals surface area contributed by atoms with Gasteiger partial charge in [0, 0.05) is 0 Å². The Morgan fingerprint density at radius 2 is 1.64 bits per heavy atom. The van der Waals surface area contributed by atoms with Crippen molar-refractivity contribution >= 4 is 29.2 Å². The van der Waals surface area contributed by atoms with Crippen molar-refractivity contribution in [3.05, 3.63) is 65.7 Å². The minimum atomic E-state index is -4.45. The highest BCUT2D eigenvalue weighted by molar-refractivity contribution is 7.80. The second-order valence-electron chi connectivity index (χ2n) is 4.28. The number of alkyl halides is 3. The van der Waals surface area contributed by atoms with Crippen LogP contribution in [-0.2, 0) is 6.18 Å². The van der Waals surface area contributed by atoms with Crippen LogP contribution >= 0.6 is 12.2 Å². The zero-order chi connectivity index (χ0) is 16.0. The minimum absolute atomic E-state index is 0.0242. The van der Waals surface area contributed by atoms with E-state index in [0.29, 0.717) is 0 Å². The molecule has 2 N–H and O–H groups in total. The van der Waals surface area contributed by atoms with E-state index >= 15 is 0 Å². The lowest BCUT2D eigenvalue weighted by Gasteiger charge is -2.14. The summed E-state index contributed by atoms with van der Waals surface area (Å²) in [7, 11) is 0. The first-order valence-corrected chi connectivity index (χ1v) is 6.69. The smallest absolute Gasteiger partial charge is 0.331 e. The Morgan fingerprint density at radius 1 is 1.00 bits per heavy atom. The third-order valence-electron chi connectivity index (χ3n) is 2.66. The topological polar surface area (TPSA) is 36.4 Å². The molecule has 7 heteroatoms. The number of nitrogens with zero attached hydrogens (tertiary/aromatic N) is 1. The number of rotatable bonds is 3. The van der Waals surface area contributed by atoms with Gasteiger partial charge in [-0.05, 0) is 29.9 Å². The van der Waals surface area contributed by atoms with Crippen molar-refractivity contribution in [3.63, 3.8) is 0 Å². The second kappa shape index (κ2) is 7.04. The lowest BCUT2D eigenvalue weighted by atomic mass is 10.2. The molecule has 0 fully saturated rings. The summed E-state index contributed by atoms with van der Waals surface area (Å²) in [5.41, 5.74) is 2.41. The third-order valence-corrected chi connectivity index (χ3v) is 2.85. The molecule has 0 saturated carbocycles. The molecule has 0 bridgehead atoms. The standard InChI is InChI=1S/C15H12F3N3S/c16-15(17,18)12-8-4-5-9-13(12)20-14(22)21-19-10-11-6-2-1-3-7-11/h1-10H,(H2,20,21,22)/b19-10-. The van der Waals surface area contributed by atoms with Crippen molar-refractivity contribution in [2.75, 3.05) is 5.32 Å². The molecule has 2 aromatic carbocycles. The summed E-state index contributed by atoms with van der Waals surface area (Å²) >= 11 is 4.93. The first kappa shape index (κ1) is 16.0. The Kier molecular flexibility index (Phi) is 5.11. The van der Waals surface area contributed by atoms with Gasteiger partial charge in [0.1, 0.15) is 0 Å². The summed E-state index contributed by atoms with van der Waals surface area (Å²) in [5.74, 6) is 0. The first-order valence-electron chi connectivity index (χ1n) is 6.28. The molecule has 0 atom stereocenters. The van der Waals surface area contributed by atoms with Crippen LogP contribution in [0.2, 0.25) is 0 Å². The molecular formula is C15H12F3N3S. The largest absolute Gasteiger partial charge is 0.418 e. The van der Waals surface area contributed by atoms with Crippen LogP contribution in [0.4, 0.5) is 18.9 Å². The van der Waals surface area contributed by atoms with Gasteiger partial charge in [0.05, 0.1) is 17.5 Å². The molecule has 114 valence electrons. The number of hydrazone groups is 1. The first-order chi connectivity index (χ1) is 10.5. The van der Waals surface area contributed by atoms with E-state index in [2.05, 4.69) is 15.8 Å². The van der Waals surface area contributed by atoms with Gasteiger partial charge in [0.2, 0.25) is 0 Å². The molecule has 22 heavy (non-hydrogen) atoms. The van der Waals surface area contributed by atoms with E-state index in [0.717, 1.165) is 11.6 Å². The number of halogens is 3. The van der Waals surface area contributed by atoms with E-state index in [1.807, 2.05) is 30.3 Å². The van der Waals surface area contributed by atoms with Crippen LogP contribution in [0.15, 0.2) is 59.7 Å². The summed E-state index contributed by atoms with van der Waals surface area (Å²) in [5, 5.41) is 6.34. The fourth-order valence-corrected chi connectivity index (χ4v) is 1.86. The van der Waals surface area contributed by atoms with Gasteiger partial charge in [-0.2, -0.15) is 18.3 Å². The van der Waals surface area contributed by atoms with Crippen molar-refractivity contribution in [1.29, 1.82) is 0 Å². The number of hydrogen-bond donors (Lipinski definition) is 2. The maximum Gasteiger partial charge on any atom is 0.418 e. The molecule has 2 aromatic rings. The van der Waals surface area contributed by atoms with Gasteiger partial charge in [-0.25, -0.2) is 0 Å². The average Bonchev–Trinajstić information content (AvgIpc) is 2.48. The van der Waals surface area contributed by atoms with Crippen molar-refractivity contribution in [1.82, 2.24) is 5.43 Å². The number of benzene rings is 2. The zero-order valence-electron chi connectivity index (χ0n) is 11.3. The number of anilines is 1. The molecule has 0 saturated heterocycles. The highest BCUT2D eigenvalue weighted by atomic mass is 32.1. The maximum atomic E-state index is 12.8. The zero-order valence-corrected chi connectivity index (χ0v) is 12.1. The van der Waals surface area contributed by atoms with E-state index in [1.54, 1.807) is 0 Å². The SMILES string of the molecule is FC(F)(F)c1ccccc1NC(=S)N/N=C\c1ccccc1. The fraction of sp³-hybridized carbons (Fsp3) is 0.0667. The summed E-state index contributed by atoms with van der Waals surface area (Å²) in [4.78, 5) is 0. The van der Waals surface area contributed by atoms with Crippen LogP contribution in [0.3, 0.4) is 0 Å². The maximum absolute atomic E-state index is 12.8. The lowest BCUT2D eigenvalue weighted by molar-refractivity contribution is -0.136. The van der Waals surface area contributed by atoms with Crippen LogP contribution in [0.25, 0.3) is 0 Å². The molecule has 0 amide bonds. The quantitative estimate of drug-likeness (QED) is 0.509. The second-order valence-corrected chi connectivity index (χ2v) is 4.69. The minimum Gasteiger partial charge on any atom is -0.331 e. The van der Waals surface area contributed by atoms with Gasteiger partial charge in [0.15, 0.2) is 5.11 Å². The van der Waals surface area contributed by atoms with Crippen molar-refractivity contribution in [3.8, 4) is 0 Å². The molecular weight excluding hydrogens is 311 g/mol. The average molecular weight is 323 g/mol. The number of hydrogen-bond acceptors (Lipinski definition) is 2. The molecule has 0 aliphatic carbocycles. The predicted octanol–water partition coefficient (Wildman–Crippen LogP) is 4.03. The molecule has 0 spiro atoms. The van der Waals surface area contributed by atoms with Crippen LogP contribution < -0.4 is 10.7 Å². The molecule has 3 nitrogen and oxygen atoms in total. The summed E-state index contributed by atoms with van der Waals surface area (Å²) in [6.07, 6.45) is -2.93. The van der Waals surface area contributed by atoms with E-state index < -0.39 is 11.7 Å². The predicted molar refractivity (Wildman–Crippen MR) is 84.8 cm³/mol. The highest BCUT2D eigenvalue weighted by Gasteiger charge is 2.33. The van der Waals surface area contributed by atoms with Gasteiger partial charge in [-0.1, -0.05) is 42.5 Å². The van der Waals surface area contributed by atoms with Crippen LogP contribution in [0.1, 0.15) is 11.1 Å². The van der Waals surface area contributed by atoms with Crippen LogP contribution in [0.5, 0.6) is 0 Å². The Hall–Kier alpha value is -2.41. The number of thiocarbonyl (C=S) groups is 1. The molecule has 0 unspecified atom stereocenters. The van der Waals surface area contributed by atoms with E-state index in [4.69, 9.17) is 12.2 Å². The van der Waals surface area contributed by atoms with E-state index in [-0.39, 0.29) is 10.8 Å². The lowest BCUT2D eigenvalue weighted by Crippen LogP contribution is -2.25. The summed E-state index contributed by atoms with van der Waals surface area (Å²) in [6, 6.07) is 14.3. The van der Waals surface area contributed by atoms with Crippen molar-refractivity contribution in [2.24, 2.45) is 5.10 Å². The van der Waals surface area contributed by atoms with E-state index in [9.17, 15) is 13.2 Å². The normalized spacial score (nSPS) is 11.4. The number of nitrogens with one attached hydrogen (secondary N) is 2. The summed E-state index contributed by atoms with van der Waals surface area (Å²) < 4.78 is 38.5. The van der Waals surface area contributed by atoms with Crippen molar-refractivity contribution in [2.45, 2.75) is 6.18 Å². The van der Waals surface area contributed by atoms with Gasteiger partial charge >= 0.3 is 6.18 Å². The molecule has 0 aromatic heterocycles. The Labute approximate surface area is 130 Å². The monoisotopic (exact) mass is 323 g/mol. The molecule has 2 rings (SSSR count). The van der Waals surface area contributed by atoms with Gasteiger partial charge in [0.25, 0.3) is 0 Å². The Bertz CT molecular complexity index is 669. The van der Waals surface area contributed by atoms with Crippen LogP contribution in [-0.4, -0.2) is 11.3 Å². The highest BCUT2D eigenvalue weighted by Crippen LogP contribution is 2.34. The van der Waals surface area contributed by atoms with Crippen LogP contribution in [0, 0.1) is 0 Å². The van der Waals surface area contributed by atoms with Gasteiger partial charge < -0.3 is 5.32 Å². The molecule has 0 aliphatic heterocycles. The third kappa shape index (κ3) is 4.56. The molecule has 0 radical (unpaired) electrons. The van der Waals surface area contributed by atoms with E-state index in [1.165, 1.54) is 24.4 Å². The van der Waals surface area contributed by atoms with Crippen molar-refractivity contribution < 1.29 is 13.2 Å². The molecule has 0 heterocycles.